The van der Waals surface area contributed by atoms with Crippen molar-refractivity contribution >= 4 is 27.7 Å². The summed E-state index contributed by atoms with van der Waals surface area (Å²) in [6.07, 6.45) is -0.436. The van der Waals surface area contributed by atoms with E-state index in [4.69, 9.17) is 9.47 Å². The van der Waals surface area contributed by atoms with Crippen LogP contribution < -0.4 is 9.64 Å². The highest BCUT2D eigenvalue weighted by Crippen LogP contribution is 2.36. The molecule has 2 aromatic rings. The number of nitrogens with zero attached hydrogens (tertiary/aromatic N) is 1. The number of carbonyl (C=O) groups is 1. The van der Waals surface area contributed by atoms with Gasteiger partial charge in [0.2, 0.25) is 0 Å². The number of carbonyl (C=O) groups excluding carboxylic acids is 1. The Bertz CT molecular complexity index is 675. The number of fused-ring (bicyclic) bond motifs is 1. The molecular weight excluding hydrogens is 346 g/mol. The van der Waals surface area contributed by atoms with Gasteiger partial charge in [0.05, 0.1) is 12.2 Å². The smallest absolute Gasteiger partial charge is 0.414 e. The third-order valence-electron chi connectivity index (χ3n) is 3.41. The Morgan fingerprint density at radius 1 is 1.32 bits per heavy atom. The SMILES string of the molecule is CC1CN(C(=O)OCc2ccccc2)c2ccc(Br)cc2O1. The van der Waals surface area contributed by atoms with Gasteiger partial charge in [-0.3, -0.25) is 4.90 Å². The minimum Gasteiger partial charge on any atom is -0.487 e. The lowest BCUT2D eigenvalue weighted by Crippen LogP contribution is -2.42. The van der Waals surface area contributed by atoms with E-state index in [1.807, 2.05) is 55.5 Å². The van der Waals surface area contributed by atoms with Crippen LogP contribution >= 0.6 is 15.9 Å². The van der Waals surface area contributed by atoms with Crippen molar-refractivity contribution < 1.29 is 14.3 Å². The maximum atomic E-state index is 12.4. The zero-order chi connectivity index (χ0) is 15.5. The van der Waals surface area contributed by atoms with Crippen LogP contribution in [0, 0.1) is 0 Å². The summed E-state index contributed by atoms with van der Waals surface area (Å²) < 4.78 is 12.1. The lowest BCUT2D eigenvalue weighted by molar-refractivity contribution is 0.138. The first kappa shape index (κ1) is 14.9. The molecule has 2 aromatic carbocycles. The van der Waals surface area contributed by atoms with Gasteiger partial charge in [-0.15, -0.1) is 0 Å². The van der Waals surface area contributed by atoms with Gasteiger partial charge in [0, 0.05) is 4.47 Å². The molecule has 4 nitrogen and oxygen atoms in total. The van der Waals surface area contributed by atoms with Crippen LogP contribution in [0.4, 0.5) is 10.5 Å². The summed E-state index contributed by atoms with van der Waals surface area (Å²) in [5, 5.41) is 0. The van der Waals surface area contributed by atoms with E-state index in [-0.39, 0.29) is 18.8 Å². The first-order chi connectivity index (χ1) is 10.6. The van der Waals surface area contributed by atoms with E-state index in [0.29, 0.717) is 12.3 Å². The van der Waals surface area contributed by atoms with E-state index in [2.05, 4.69) is 15.9 Å². The highest BCUT2D eigenvalue weighted by molar-refractivity contribution is 9.10. The van der Waals surface area contributed by atoms with Gasteiger partial charge in [-0.1, -0.05) is 46.3 Å². The van der Waals surface area contributed by atoms with Gasteiger partial charge in [0.1, 0.15) is 18.5 Å². The molecule has 0 aliphatic carbocycles. The second kappa shape index (κ2) is 6.40. The van der Waals surface area contributed by atoms with Gasteiger partial charge in [-0.05, 0) is 30.7 Å². The normalized spacial score (nSPS) is 16.6. The summed E-state index contributed by atoms with van der Waals surface area (Å²) in [6.45, 7) is 2.67. The lowest BCUT2D eigenvalue weighted by atomic mass is 10.2. The van der Waals surface area contributed by atoms with Crippen LogP contribution in [0.5, 0.6) is 5.75 Å². The van der Waals surface area contributed by atoms with Crippen molar-refractivity contribution in [3.8, 4) is 5.75 Å². The Morgan fingerprint density at radius 2 is 2.09 bits per heavy atom. The van der Waals surface area contributed by atoms with Crippen LogP contribution in [0.3, 0.4) is 0 Å². The quantitative estimate of drug-likeness (QED) is 0.796. The molecule has 5 heteroatoms. The zero-order valence-corrected chi connectivity index (χ0v) is 13.7. The Kier molecular flexibility index (Phi) is 4.34. The van der Waals surface area contributed by atoms with Crippen molar-refractivity contribution in [3.05, 3.63) is 58.6 Å². The first-order valence-corrected chi connectivity index (χ1v) is 7.87. The predicted molar refractivity (Wildman–Crippen MR) is 88.2 cm³/mol. The summed E-state index contributed by atoms with van der Waals surface area (Å²) in [4.78, 5) is 14.0. The molecule has 1 aliphatic rings. The average Bonchev–Trinajstić information content (AvgIpc) is 2.52. The highest BCUT2D eigenvalue weighted by atomic mass is 79.9. The monoisotopic (exact) mass is 361 g/mol. The molecular formula is C17H16BrNO3. The fourth-order valence-electron chi connectivity index (χ4n) is 2.38. The number of ether oxygens (including phenoxy) is 2. The van der Waals surface area contributed by atoms with Gasteiger partial charge in [-0.2, -0.15) is 0 Å². The van der Waals surface area contributed by atoms with Crippen LogP contribution in [0.25, 0.3) is 0 Å². The molecule has 3 rings (SSSR count). The van der Waals surface area contributed by atoms with Crippen molar-refractivity contribution in [1.29, 1.82) is 0 Å². The van der Waals surface area contributed by atoms with Crippen LogP contribution in [-0.2, 0) is 11.3 Å². The van der Waals surface area contributed by atoms with Gasteiger partial charge >= 0.3 is 6.09 Å². The average molecular weight is 362 g/mol. The predicted octanol–water partition coefficient (Wildman–Crippen LogP) is 4.37. The summed E-state index contributed by atoms with van der Waals surface area (Å²) in [5.41, 5.74) is 1.70. The Labute approximate surface area is 137 Å². The maximum absolute atomic E-state index is 12.4. The largest absolute Gasteiger partial charge is 0.487 e. The molecule has 1 unspecified atom stereocenters. The third kappa shape index (κ3) is 3.25. The number of benzene rings is 2. The second-order valence-electron chi connectivity index (χ2n) is 5.19. The van der Waals surface area contributed by atoms with Crippen molar-refractivity contribution in [2.75, 3.05) is 11.4 Å². The Morgan fingerprint density at radius 3 is 2.86 bits per heavy atom. The van der Waals surface area contributed by atoms with Crippen molar-refractivity contribution in [3.63, 3.8) is 0 Å². The van der Waals surface area contributed by atoms with E-state index in [9.17, 15) is 4.79 Å². The molecule has 22 heavy (non-hydrogen) atoms. The minimum absolute atomic E-state index is 0.0777. The first-order valence-electron chi connectivity index (χ1n) is 7.08. The molecule has 0 N–H and O–H groups in total. The molecule has 1 aliphatic heterocycles. The van der Waals surface area contributed by atoms with E-state index >= 15 is 0 Å². The molecule has 1 atom stereocenters. The molecule has 0 radical (unpaired) electrons. The molecule has 1 heterocycles. The highest BCUT2D eigenvalue weighted by Gasteiger charge is 2.28. The minimum atomic E-state index is -0.359. The van der Waals surface area contributed by atoms with E-state index in [0.717, 1.165) is 15.7 Å². The van der Waals surface area contributed by atoms with Crippen molar-refractivity contribution in [1.82, 2.24) is 0 Å². The third-order valence-corrected chi connectivity index (χ3v) is 3.90. The van der Waals surface area contributed by atoms with E-state index < -0.39 is 0 Å². The lowest BCUT2D eigenvalue weighted by Gasteiger charge is -2.32. The number of hydrogen-bond acceptors (Lipinski definition) is 3. The summed E-state index contributed by atoms with van der Waals surface area (Å²) in [6, 6.07) is 15.2. The maximum Gasteiger partial charge on any atom is 0.414 e. The molecule has 0 bridgehead atoms. The van der Waals surface area contributed by atoms with Gasteiger partial charge in [0.25, 0.3) is 0 Å². The van der Waals surface area contributed by atoms with Crippen LogP contribution in [0.2, 0.25) is 0 Å². The number of rotatable bonds is 2. The molecule has 0 saturated heterocycles. The fourth-order valence-corrected chi connectivity index (χ4v) is 2.73. The molecule has 0 saturated carbocycles. The standard InChI is InChI=1S/C17H16BrNO3/c1-12-10-19(15-8-7-14(18)9-16(15)22-12)17(20)21-11-13-5-3-2-4-6-13/h2-9,12H,10-11H2,1H3. The Balaban J connectivity index is 1.75. The summed E-state index contributed by atoms with van der Waals surface area (Å²) >= 11 is 3.41. The molecule has 0 spiro atoms. The second-order valence-corrected chi connectivity index (χ2v) is 6.11. The molecule has 1 amide bonds. The van der Waals surface area contributed by atoms with Crippen LogP contribution in [0.1, 0.15) is 12.5 Å². The molecule has 114 valence electrons. The van der Waals surface area contributed by atoms with Crippen LogP contribution in [0.15, 0.2) is 53.0 Å². The van der Waals surface area contributed by atoms with Gasteiger partial charge in [0.15, 0.2) is 0 Å². The van der Waals surface area contributed by atoms with Crippen molar-refractivity contribution in [2.45, 2.75) is 19.6 Å². The number of hydrogen-bond donors (Lipinski definition) is 0. The van der Waals surface area contributed by atoms with Gasteiger partial charge in [-0.25, -0.2) is 4.79 Å². The molecule has 0 aromatic heterocycles. The summed E-state index contributed by atoms with van der Waals surface area (Å²) in [7, 11) is 0. The van der Waals surface area contributed by atoms with Gasteiger partial charge < -0.3 is 9.47 Å². The topological polar surface area (TPSA) is 38.8 Å². The van der Waals surface area contributed by atoms with Crippen LogP contribution in [-0.4, -0.2) is 18.7 Å². The number of amides is 1. The van der Waals surface area contributed by atoms with E-state index in [1.165, 1.54) is 0 Å². The van der Waals surface area contributed by atoms with E-state index in [1.54, 1.807) is 4.90 Å². The van der Waals surface area contributed by atoms with Crippen molar-refractivity contribution in [2.24, 2.45) is 0 Å². The number of halogens is 1. The summed E-state index contributed by atoms with van der Waals surface area (Å²) in [5.74, 6) is 0.685. The Hall–Kier alpha value is -2.01. The zero-order valence-electron chi connectivity index (χ0n) is 12.2. The molecule has 0 fully saturated rings. The fraction of sp³-hybridized carbons (Fsp3) is 0.235. The number of anilines is 1.